The monoisotopic (exact) mass is 236 g/mol. The second kappa shape index (κ2) is 4.24. The van der Waals surface area contributed by atoms with E-state index in [-0.39, 0.29) is 18.0 Å². The number of fused-ring (bicyclic) bond motifs is 1. The molecule has 0 bridgehead atoms. The molecule has 1 amide bonds. The number of carbonyl (C=O) groups excluding carboxylic acids is 2. The lowest BCUT2D eigenvalue weighted by molar-refractivity contribution is 0.0377. The number of amides is 1. The molecule has 17 heavy (non-hydrogen) atoms. The van der Waals surface area contributed by atoms with Gasteiger partial charge in [-0.3, -0.25) is 4.79 Å². The predicted molar refractivity (Wildman–Crippen MR) is 62.1 cm³/mol. The van der Waals surface area contributed by atoms with Gasteiger partial charge in [0.1, 0.15) is 5.69 Å². The summed E-state index contributed by atoms with van der Waals surface area (Å²) in [4.78, 5) is 23.4. The number of rotatable bonds is 2. The third-order valence-corrected chi connectivity index (χ3v) is 2.78. The van der Waals surface area contributed by atoms with E-state index < -0.39 is 0 Å². The quantitative estimate of drug-likeness (QED) is 0.782. The first-order chi connectivity index (χ1) is 8.00. The SMILES string of the molecule is Cc1c(C(=O)OC(C)C)cc2n1CCNC2=O. The summed E-state index contributed by atoms with van der Waals surface area (Å²) in [6, 6.07) is 1.61. The first-order valence-corrected chi connectivity index (χ1v) is 5.70. The van der Waals surface area contributed by atoms with Gasteiger partial charge in [-0.15, -0.1) is 0 Å². The third kappa shape index (κ3) is 2.05. The smallest absolute Gasteiger partial charge is 0.340 e. The zero-order valence-corrected chi connectivity index (χ0v) is 10.2. The van der Waals surface area contributed by atoms with Gasteiger partial charge in [-0.1, -0.05) is 0 Å². The van der Waals surface area contributed by atoms with Gasteiger partial charge in [0.25, 0.3) is 5.91 Å². The molecule has 1 aromatic rings. The molecule has 92 valence electrons. The largest absolute Gasteiger partial charge is 0.459 e. The summed E-state index contributed by atoms with van der Waals surface area (Å²) in [5, 5.41) is 2.75. The summed E-state index contributed by atoms with van der Waals surface area (Å²) in [5.41, 5.74) is 1.80. The number of hydrogen-bond donors (Lipinski definition) is 1. The number of carbonyl (C=O) groups is 2. The topological polar surface area (TPSA) is 60.3 Å². The van der Waals surface area contributed by atoms with E-state index in [0.717, 1.165) is 5.69 Å². The zero-order chi connectivity index (χ0) is 12.6. The van der Waals surface area contributed by atoms with Crippen LogP contribution in [0, 0.1) is 6.92 Å². The molecule has 0 fully saturated rings. The van der Waals surface area contributed by atoms with E-state index in [0.29, 0.717) is 24.3 Å². The molecule has 2 heterocycles. The van der Waals surface area contributed by atoms with E-state index in [2.05, 4.69) is 5.32 Å². The van der Waals surface area contributed by atoms with Gasteiger partial charge in [0.15, 0.2) is 0 Å². The van der Waals surface area contributed by atoms with Crippen LogP contribution in [0.15, 0.2) is 6.07 Å². The van der Waals surface area contributed by atoms with Crippen LogP contribution in [0.3, 0.4) is 0 Å². The van der Waals surface area contributed by atoms with Gasteiger partial charge < -0.3 is 14.6 Å². The average molecular weight is 236 g/mol. The van der Waals surface area contributed by atoms with Gasteiger partial charge in [-0.25, -0.2) is 4.79 Å². The number of ether oxygens (including phenoxy) is 1. The van der Waals surface area contributed by atoms with Crippen LogP contribution < -0.4 is 5.32 Å². The molecule has 1 N–H and O–H groups in total. The van der Waals surface area contributed by atoms with Crippen LogP contribution in [-0.4, -0.2) is 29.1 Å². The molecule has 0 spiro atoms. The Morgan fingerprint density at radius 1 is 1.53 bits per heavy atom. The first kappa shape index (κ1) is 11.7. The molecule has 0 saturated carbocycles. The number of esters is 1. The van der Waals surface area contributed by atoms with Gasteiger partial charge >= 0.3 is 5.97 Å². The lowest BCUT2D eigenvalue weighted by Gasteiger charge is -2.17. The zero-order valence-electron chi connectivity index (χ0n) is 10.2. The highest BCUT2D eigenvalue weighted by molar-refractivity contribution is 5.98. The molecule has 0 aliphatic carbocycles. The van der Waals surface area contributed by atoms with E-state index in [1.165, 1.54) is 0 Å². The molecular weight excluding hydrogens is 220 g/mol. The minimum absolute atomic E-state index is 0.136. The second-order valence-electron chi connectivity index (χ2n) is 4.39. The van der Waals surface area contributed by atoms with E-state index in [1.54, 1.807) is 19.9 Å². The van der Waals surface area contributed by atoms with Crippen LogP contribution in [0.4, 0.5) is 0 Å². The van der Waals surface area contributed by atoms with Gasteiger partial charge in [-0.05, 0) is 26.8 Å². The van der Waals surface area contributed by atoms with Crippen molar-refractivity contribution in [1.29, 1.82) is 0 Å². The fourth-order valence-electron chi connectivity index (χ4n) is 1.98. The Morgan fingerprint density at radius 3 is 2.82 bits per heavy atom. The minimum Gasteiger partial charge on any atom is -0.459 e. The van der Waals surface area contributed by atoms with Crippen molar-refractivity contribution >= 4 is 11.9 Å². The van der Waals surface area contributed by atoms with Crippen LogP contribution in [0.1, 0.15) is 40.4 Å². The van der Waals surface area contributed by atoms with Crippen LogP contribution >= 0.6 is 0 Å². The Hall–Kier alpha value is -1.78. The van der Waals surface area contributed by atoms with Crippen molar-refractivity contribution in [3.63, 3.8) is 0 Å². The van der Waals surface area contributed by atoms with E-state index in [9.17, 15) is 9.59 Å². The summed E-state index contributed by atoms with van der Waals surface area (Å²) < 4.78 is 7.00. The number of hydrogen-bond acceptors (Lipinski definition) is 3. The molecule has 0 radical (unpaired) electrons. The van der Waals surface area contributed by atoms with Crippen LogP contribution in [0.2, 0.25) is 0 Å². The van der Waals surface area contributed by atoms with Crippen molar-refractivity contribution in [2.75, 3.05) is 6.54 Å². The fourth-order valence-corrected chi connectivity index (χ4v) is 1.98. The Labute approximate surface area is 99.8 Å². The molecular formula is C12H16N2O3. The Balaban J connectivity index is 2.37. The van der Waals surface area contributed by atoms with Crippen molar-refractivity contribution in [2.24, 2.45) is 0 Å². The molecule has 0 atom stereocenters. The minimum atomic E-state index is -0.368. The van der Waals surface area contributed by atoms with Crippen molar-refractivity contribution in [2.45, 2.75) is 33.4 Å². The average Bonchev–Trinajstić information content (AvgIpc) is 2.57. The summed E-state index contributed by atoms with van der Waals surface area (Å²) in [6.07, 6.45) is -0.160. The highest BCUT2D eigenvalue weighted by atomic mass is 16.5. The van der Waals surface area contributed by atoms with Gasteiger partial charge in [0.05, 0.1) is 11.7 Å². The van der Waals surface area contributed by atoms with Crippen LogP contribution in [0.5, 0.6) is 0 Å². The van der Waals surface area contributed by atoms with Crippen LogP contribution in [-0.2, 0) is 11.3 Å². The van der Waals surface area contributed by atoms with Crippen molar-refractivity contribution < 1.29 is 14.3 Å². The Morgan fingerprint density at radius 2 is 2.24 bits per heavy atom. The fraction of sp³-hybridized carbons (Fsp3) is 0.500. The second-order valence-corrected chi connectivity index (χ2v) is 4.39. The number of nitrogens with one attached hydrogen (secondary N) is 1. The molecule has 5 heteroatoms. The lowest BCUT2D eigenvalue weighted by atomic mass is 10.2. The highest BCUT2D eigenvalue weighted by Crippen LogP contribution is 2.19. The Kier molecular flexibility index (Phi) is 2.92. The molecule has 1 aliphatic heterocycles. The summed E-state index contributed by atoms with van der Waals surface area (Å²) in [6.45, 7) is 6.73. The molecule has 1 aliphatic rings. The molecule has 0 saturated heterocycles. The van der Waals surface area contributed by atoms with E-state index in [1.807, 2.05) is 11.5 Å². The Bertz CT molecular complexity index is 474. The summed E-state index contributed by atoms with van der Waals surface area (Å²) in [7, 11) is 0. The number of aromatic nitrogens is 1. The molecule has 0 unspecified atom stereocenters. The molecule has 2 rings (SSSR count). The van der Waals surface area contributed by atoms with Crippen molar-refractivity contribution in [1.82, 2.24) is 9.88 Å². The van der Waals surface area contributed by atoms with Crippen LogP contribution in [0.25, 0.3) is 0 Å². The lowest BCUT2D eigenvalue weighted by Crippen LogP contribution is -2.35. The van der Waals surface area contributed by atoms with E-state index in [4.69, 9.17) is 4.74 Å². The number of nitrogens with zero attached hydrogens (tertiary/aromatic N) is 1. The first-order valence-electron chi connectivity index (χ1n) is 5.70. The molecule has 5 nitrogen and oxygen atoms in total. The molecule has 1 aromatic heterocycles. The molecule has 0 aromatic carbocycles. The van der Waals surface area contributed by atoms with Crippen molar-refractivity contribution in [3.8, 4) is 0 Å². The predicted octanol–water partition coefficient (Wildman–Crippen LogP) is 1.11. The third-order valence-electron chi connectivity index (χ3n) is 2.78. The maximum atomic E-state index is 11.8. The highest BCUT2D eigenvalue weighted by Gasteiger charge is 2.24. The van der Waals surface area contributed by atoms with Gasteiger partial charge in [-0.2, -0.15) is 0 Å². The standard InChI is InChI=1S/C12H16N2O3/c1-7(2)17-12(16)9-6-10-11(15)13-4-5-14(10)8(9)3/h6-7H,4-5H2,1-3H3,(H,13,15). The normalized spacial score (nSPS) is 14.5. The summed E-state index contributed by atoms with van der Waals surface area (Å²) >= 11 is 0. The van der Waals surface area contributed by atoms with Gasteiger partial charge in [0, 0.05) is 18.8 Å². The van der Waals surface area contributed by atoms with Gasteiger partial charge in [0.2, 0.25) is 0 Å². The maximum absolute atomic E-state index is 11.8. The maximum Gasteiger partial charge on any atom is 0.340 e. The van der Waals surface area contributed by atoms with Crippen molar-refractivity contribution in [3.05, 3.63) is 23.0 Å². The summed E-state index contributed by atoms with van der Waals surface area (Å²) in [5.74, 6) is -0.504. The van der Waals surface area contributed by atoms with E-state index >= 15 is 0 Å².